The molecule has 90 valence electrons. The Hall–Kier alpha value is -0.210. The van der Waals surface area contributed by atoms with Gasteiger partial charge in [0.1, 0.15) is 0 Å². The van der Waals surface area contributed by atoms with Crippen molar-refractivity contribution in [3.63, 3.8) is 0 Å². The van der Waals surface area contributed by atoms with Crippen molar-refractivity contribution in [2.24, 2.45) is 5.73 Å². The highest BCUT2D eigenvalue weighted by atomic mass is 32.2. The average Bonchev–Trinajstić information content (AvgIpc) is 2.26. The molecule has 1 aliphatic rings. The van der Waals surface area contributed by atoms with Crippen LogP contribution in [0.2, 0.25) is 0 Å². The summed E-state index contributed by atoms with van der Waals surface area (Å²) in [7, 11) is -1.73. The van der Waals surface area contributed by atoms with Gasteiger partial charge in [0, 0.05) is 26.7 Å². The van der Waals surface area contributed by atoms with Crippen molar-refractivity contribution in [3.05, 3.63) is 0 Å². The first kappa shape index (κ1) is 12.9. The van der Waals surface area contributed by atoms with Gasteiger partial charge in [0.2, 0.25) is 10.0 Å². The summed E-state index contributed by atoms with van der Waals surface area (Å²) in [6.07, 6.45) is -0.184. The van der Waals surface area contributed by atoms with Crippen molar-refractivity contribution in [1.82, 2.24) is 4.31 Å². The van der Waals surface area contributed by atoms with Gasteiger partial charge >= 0.3 is 0 Å². The van der Waals surface area contributed by atoms with Crippen LogP contribution in [0.1, 0.15) is 0 Å². The van der Waals surface area contributed by atoms with Crippen molar-refractivity contribution in [2.75, 3.05) is 45.7 Å². The minimum absolute atomic E-state index is 0.0147. The Morgan fingerprint density at radius 2 is 2.33 bits per heavy atom. The van der Waals surface area contributed by atoms with Gasteiger partial charge in [-0.3, -0.25) is 0 Å². The van der Waals surface area contributed by atoms with Gasteiger partial charge in [-0.1, -0.05) is 0 Å². The fourth-order valence-corrected chi connectivity index (χ4v) is 2.79. The summed E-state index contributed by atoms with van der Waals surface area (Å²) in [6, 6.07) is 0. The molecular weight excluding hydrogens is 220 g/mol. The van der Waals surface area contributed by atoms with E-state index in [2.05, 4.69) is 0 Å². The molecule has 1 unspecified atom stereocenters. The molecule has 0 spiro atoms. The molecule has 0 aromatic rings. The lowest BCUT2D eigenvalue weighted by molar-refractivity contribution is 0.00436. The molecule has 0 saturated carbocycles. The lowest BCUT2D eigenvalue weighted by atomic mass is 10.3. The second-order valence-corrected chi connectivity index (χ2v) is 5.48. The largest absolute Gasteiger partial charge is 0.384 e. The summed E-state index contributed by atoms with van der Waals surface area (Å²) < 4.78 is 35.0. The lowest BCUT2D eigenvalue weighted by Gasteiger charge is -2.31. The number of hydrogen-bond donors (Lipinski definition) is 1. The van der Waals surface area contributed by atoms with Crippen LogP contribution in [-0.2, 0) is 19.5 Å². The Morgan fingerprint density at radius 3 is 2.93 bits per heavy atom. The van der Waals surface area contributed by atoms with Crippen molar-refractivity contribution < 1.29 is 17.9 Å². The highest BCUT2D eigenvalue weighted by Crippen LogP contribution is 2.09. The Morgan fingerprint density at radius 1 is 1.60 bits per heavy atom. The molecule has 1 heterocycles. The minimum atomic E-state index is -3.22. The van der Waals surface area contributed by atoms with Gasteiger partial charge in [0.15, 0.2) is 0 Å². The van der Waals surface area contributed by atoms with E-state index in [1.807, 2.05) is 0 Å². The number of methoxy groups -OCH3 is 1. The molecule has 1 aliphatic heterocycles. The fraction of sp³-hybridized carbons (Fsp3) is 1.00. The molecule has 0 aromatic heterocycles. The topological polar surface area (TPSA) is 81.9 Å². The van der Waals surface area contributed by atoms with Crippen LogP contribution in [0.3, 0.4) is 0 Å². The van der Waals surface area contributed by atoms with E-state index in [1.165, 1.54) is 11.4 Å². The van der Waals surface area contributed by atoms with Crippen molar-refractivity contribution >= 4 is 10.0 Å². The van der Waals surface area contributed by atoms with E-state index in [0.29, 0.717) is 26.2 Å². The van der Waals surface area contributed by atoms with Gasteiger partial charge in [0.05, 0.1) is 25.1 Å². The highest BCUT2D eigenvalue weighted by Gasteiger charge is 2.28. The lowest BCUT2D eigenvalue weighted by Crippen LogP contribution is -2.49. The molecule has 6 nitrogen and oxygen atoms in total. The molecule has 0 aromatic carbocycles. The molecule has 2 N–H and O–H groups in total. The quantitative estimate of drug-likeness (QED) is 0.638. The van der Waals surface area contributed by atoms with Crippen LogP contribution in [0.25, 0.3) is 0 Å². The molecule has 1 saturated heterocycles. The standard InChI is InChI=1S/C8H18N2O4S/c1-13-4-5-15(11,12)10-2-3-14-8(6-9)7-10/h8H,2-7,9H2,1H3. The summed E-state index contributed by atoms with van der Waals surface area (Å²) in [5.41, 5.74) is 5.44. The molecule has 0 bridgehead atoms. The smallest absolute Gasteiger partial charge is 0.216 e. The van der Waals surface area contributed by atoms with Crippen LogP contribution in [-0.4, -0.2) is 64.5 Å². The first-order chi connectivity index (χ1) is 7.10. The molecule has 7 heteroatoms. The predicted octanol–water partition coefficient (Wildman–Crippen LogP) is -1.38. The molecule has 1 atom stereocenters. The first-order valence-electron chi connectivity index (χ1n) is 4.88. The maximum Gasteiger partial charge on any atom is 0.216 e. The monoisotopic (exact) mass is 238 g/mol. The zero-order valence-electron chi connectivity index (χ0n) is 8.89. The highest BCUT2D eigenvalue weighted by molar-refractivity contribution is 7.89. The third kappa shape index (κ3) is 3.69. The summed E-state index contributed by atoms with van der Waals surface area (Å²) in [5.74, 6) is 0.0147. The van der Waals surface area contributed by atoms with Crippen LogP contribution in [0.15, 0.2) is 0 Å². The van der Waals surface area contributed by atoms with E-state index < -0.39 is 10.0 Å². The summed E-state index contributed by atoms with van der Waals surface area (Å²) in [5, 5.41) is 0. The molecule has 0 amide bonds. The van der Waals surface area contributed by atoms with Gasteiger partial charge in [-0.25, -0.2) is 8.42 Å². The molecule has 1 rings (SSSR count). The van der Waals surface area contributed by atoms with E-state index in [9.17, 15) is 8.42 Å². The van der Waals surface area contributed by atoms with Gasteiger partial charge < -0.3 is 15.2 Å². The molecule has 0 aliphatic carbocycles. The predicted molar refractivity (Wildman–Crippen MR) is 56.0 cm³/mol. The van der Waals surface area contributed by atoms with Crippen molar-refractivity contribution in [3.8, 4) is 0 Å². The number of nitrogens with zero attached hydrogens (tertiary/aromatic N) is 1. The van der Waals surface area contributed by atoms with E-state index >= 15 is 0 Å². The number of sulfonamides is 1. The zero-order chi connectivity index (χ0) is 11.3. The van der Waals surface area contributed by atoms with E-state index in [1.54, 1.807) is 0 Å². The summed E-state index contributed by atoms with van der Waals surface area (Å²) >= 11 is 0. The van der Waals surface area contributed by atoms with Crippen LogP contribution in [0, 0.1) is 0 Å². The summed E-state index contributed by atoms with van der Waals surface area (Å²) in [4.78, 5) is 0. The SMILES string of the molecule is COCCS(=O)(=O)N1CCOC(CN)C1. The Labute approximate surface area is 90.4 Å². The maximum atomic E-state index is 11.8. The third-order valence-electron chi connectivity index (χ3n) is 2.30. The minimum Gasteiger partial charge on any atom is -0.384 e. The summed E-state index contributed by atoms with van der Waals surface area (Å²) in [6.45, 7) is 1.72. The fourth-order valence-electron chi connectivity index (χ4n) is 1.41. The number of nitrogens with two attached hydrogens (primary N) is 1. The second kappa shape index (κ2) is 5.76. The van der Waals surface area contributed by atoms with Gasteiger partial charge in [-0.2, -0.15) is 4.31 Å². The zero-order valence-corrected chi connectivity index (χ0v) is 9.70. The molecular formula is C8H18N2O4S. The van der Waals surface area contributed by atoms with E-state index in [0.717, 1.165) is 0 Å². The van der Waals surface area contributed by atoms with Crippen molar-refractivity contribution in [2.45, 2.75) is 6.10 Å². The van der Waals surface area contributed by atoms with Gasteiger partial charge in [-0.05, 0) is 0 Å². The Balaban J connectivity index is 2.54. The molecule has 15 heavy (non-hydrogen) atoms. The normalized spacial score (nSPS) is 24.3. The molecule has 0 radical (unpaired) electrons. The van der Waals surface area contributed by atoms with E-state index in [4.69, 9.17) is 15.2 Å². The second-order valence-electron chi connectivity index (χ2n) is 3.40. The average molecular weight is 238 g/mol. The first-order valence-corrected chi connectivity index (χ1v) is 6.49. The van der Waals surface area contributed by atoms with Crippen LogP contribution < -0.4 is 5.73 Å². The van der Waals surface area contributed by atoms with Crippen LogP contribution >= 0.6 is 0 Å². The maximum absolute atomic E-state index is 11.8. The number of morpholine rings is 1. The van der Waals surface area contributed by atoms with E-state index in [-0.39, 0.29) is 18.5 Å². The van der Waals surface area contributed by atoms with Crippen LogP contribution in [0.5, 0.6) is 0 Å². The number of ether oxygens (including phenoxy) is 2. The molecule has 1 fully saturated rings. The number of hydrogen-bond acceptors (Lipinski definition) is 5. The van der Waals surface area contributed by atoms with Gasteiger partial charge in [0.25, 0.3) is 0 Å². The van der Waals surface area contributed by atoms with Gasteiger partial charge in [-0.15, -0.1) is 0 Å². The Bertz CT molecular complexity index is 280. The van der Waals surface area contributed by atoms with Crippen LogP contribution in [0.4, 0.5) is 0 Å². The third-order valence-corrected chi connectivity index (χ3v) is 4.10. The van der Waals surface area contributed by atoms with Crippen molar-refractivity contribution in [1.29, 1.82) is 0 Å². The Kier molecular flexibility index (Phi) is 4.94. The number of rotatable bonds is 5.